The van der Waals surface area contributed by atoms with E-state index in [0.29, 0.717) is 23.0 Å². The number of hydrogen-bond acceptors (Lipinski definition) is 7. The number of benzene rings is 2. The van der Waals surface area contributed by atoms with Crippen LogP contribution in [0.25, 0.3) is 0 Å². The number of nitrogens with one attached hydrogen (secondary N) is 1. The topological polar surface area (TPSA) is 141 Å². The molecule has 0 amide bonds. The van der Waals surface area contributed by atoms with Gasteiger partial charge in [-0.3, -0.25) is 25.7 Å². The summed E-state index contributed by atoms with van der Waals surface area (Å²) in [6.45, 7) is 0.329. The summed E-state index contributed by atoms with van der Waals surface area (Å²) in [5, 5.41) is 27.1. The molecule has 3 aromatic rings. The fourth-order valence-electron chi connectivity index (χ4n) is 2.59. The van der Waals surface area contributed by atoms with Crippen LogP contribution in [-0.2, 0) is 6.54 Å². The van der Waals surface area contributed by atoms with Crippen LogP contribution in [0.2, 0.25) is 5.02 Å². The fourth-order valence-corrected chi connectivity index (χ4v) is 2.71. The molecule has 1 aromatic heterocycles. The van der Waals surface area contributed by atoms with Gasteiger partial charge in [0.1, 0.15) is 11.4 Å². The molecule has 1 heterocycles. The molecule has 0 aliphatic heterocycles. The summed E-state index contributed by atoms with van der Waals surface area (Å²) in [6.07, 6.45) is 3.55. The van der Waals surface area contributed by atoms with E-state index in [0.717, 1.165) is 11.6 Å². The monoisotopic (exact) mass is 506 g/mol. The van der Waals surface area contributed by atoms with Gasteiger partial charge < -0.3 is 22.7 Å². The highest BCUT2D eigenvalue weighted by Gasteiger charge is 2.20. The molecule has 160 valence electrons. The van der Waals surface area contributed by atoms with E-state index in [-0.39, 0.29) is 28.4 Å². The van der Waals surface area contributed by atoms with Crippen LogP contribution in [0.3, 0.4) is 0 Å². The number of nitrogens with two attached hydrogens (primary N) is 1. The van der Waals surface area contributed by atoms with Crippen molar-refractivity contribution in [3.05, 3.63) is 97.8 Å². The van der Waals surface area contributed by atoms with E-state index in [9.17, 15) is 20.2 Å². The van der Waals surface area contributed by atoms with Crippen molar-refractivity contribution in [2.45, 2.75) is 6.54 Å². The first-order valence-electron chi connectivity index (χ1n) is 8.59. The Morgan fingerprint density at radius 1 is 1.03 bits per heavy atom. The molecule has 0 fully saturated rings. The number of nitrogens with zero attached hydrogens (tertiary/aromatic N) is 4. The number of rotatable bonds is 7. The highest BCUT2D eigenvalue weighted by atomic mass is 79.9. The molecule has 2 aromatic carbocycles. The number of halogens is 2. The minimum Gasteiger partial charge on any atom is -1.00 e. The number of hydrogen-bond donors (Lipinski definition) is 2. The second-order valence-corrected chi connectivity index (χ2v) is 6.63. The third kappa shape index (κ3) is 6.20. The van der Waals surface area contributed by atoms with Crippen LogP contribution in [0.1, 0.15) is 5.56 Å². The Bertz CT molecular complexity index is 1120. The zero-order chi connectivity index (χ0) is 21.7. The Morgan fingerprint density at radius 2 is 1.68 bits per heavy atom. The summed E-state index contributed by atoms with van der Waals surface area (Å²) in [5.41, 5.74) is 9.46. The SMILES string of the molecule is Nc1cc[n+](C/C(=N/Nc2ccc([N+](=O)[O-])cc2[N+](=O)[O-])c2ccc(Cl)cc2)cc1.[Br-]. The van der Waals surface area contributed by atoms with Gasteiger partial charge in [-0.1, -0.05) is 23.7 Å². The number of nitrogen functional groups attached to an aromatic ring is 1. The number of nitro groups is 2. The first-order valence-corrected chi connectivity index (χ1v) is 8.97. The van der Waals surface area contributed by atoms with Crippen LogP contribution >= 0.6 is 11.6 Å². The van der Waals surface area contributed by atoms with Gasteiger partial charge >= 0.3 is 5.69 Å². The van der Waals surface area contributed by atoms with Gasteiger partial charge in [-0.2, -0.15) is 9.67 Å². The van der Waals surface area contributed by atoms with Crippen LogP contribution < -0.4 is 32.7 Å². The van der Waals surface area contributed by atoms with Crippen molar-refractivity contribution in [2.24, 2.45) is 5.10 Å². The molecule has 0 aliphatic rings. The van der Waals surface area contributed by atoms with Crippen molar-refractivity contribution in [1.82, 2.24) is 0 Å². The summed E-state index contributed by atoms with van der Waals surface area (Å²) in [4.78, 5) is 20.8. The molecule has 0 saturated heterocycles. The van der Waals surface area contributed by atoms with E-state index in [1.165, 1.54) is 12.1 Å². The maximum Gasteiger partial charge on any atom is 0.301 e. The molecule has 0 atom stereocenters. The smallest absolute Gasteiger partial charge is 0.301 e. The first kappa shape index (κ1) is 23.7. The second-order valence-electron chi connectivity index (χ2n) is 6.20. The van der Waals surface area contributed by atoms with Gasteiger partial charge in [0.15, 0.2) is 18.9 Å². The minimum atomic E-state index is -0.707. The van der Waals surface area contributed by atoms with Crippen LogP contribution in [0.4, 0.5) is 22.7 Å². The highest BCUT2D eigenvalue weighted by molar-refractivity contribution is 6.30. The molecule has 3 rings (SSSR count). The molecule has 10 nitrogen and oxygen atoms in total. The number of non-ortho nitro benzene ring substituents is 1. The van der Waals surface area contributed by atoms with Crippen molar-refractivity contribution >= 4 is 40.1 Å². The molecule has 31 heavy (non-hydrogen) atoms. The van der Waals surface area contributed by atoms with Gasteiger partial charge in [0.05, 0.1) is 15.9 Å². The zero-order valence-electron chi connectivity index (χ0n) is 15.8. The van der Waals surface area contributed by atoms with Crippen LogP contribution in [-0.4, -0.2) is 15.6 Å². The third-order valence-corrected chi connectivity index (χ3v) is 4.38. The number of hydrazone groups is 1. The van der Waals surface area contributed by atoms with E-state index in [1.807, 2.05) is 4.57 Å². The van der Waals surface area contributed by atoms with E-state index in [2.05, 4.69) is 10.5 Å². The van der Waals surface area contributed by atoms with Crippen molar-refractivity contribution in [3.63, 3.8) is 0 Å². The predicted octanol–water partition coefficient (Wildman–Crippen LogP) is 0.546. The van der Waals surface area contributed by atoms with Gasteiger partial charge in [0.2, 0.25) is 0 Å². The average molecular weight is 508 g/mol. The lowest BCUT2D eigenvalue weighted by molar-refractivity contribution is -0.681. The van der Waals surface area contributed by atoms with Crippen molar-refractivity contribution in [3.8, 4) is 0 Å². The number of nitro benzene ring substituents is 2. The summed E-state index contributed by atoms with van der Waals surface area (Å²) in [6, 6.07) is 13.7. The third-order valence-electron chi connectivity index (χ3n) is 4.13. The van der Waals surface area contributed by atoms with Gasteiger partial charge in [0.25, 0.3) is 5.69 Å². The number of anilines is 2. The Hall–Kier alpha value is -3.57. The summed E-state index contributed by atoms with van der Waals surface area (Å²) >= 11 is 5.96. The van der Waals surface area contributed by atoms with E-state index >= 15 is 0 Å². The van der Waals surface area contributed by atoms with Crippen molar-refractivity contribution < 1.29 is 31.4 Å². The molecule has 0 radical (unpaired) electrons. The lowest BCUT2D eigenvalue weighted by Crippen LogP contribution is -3.00. The Balaban J connectivity index is 0.00000341. The molecule has 0 saturated carbocycles. The van der Waals surface area contributed by atoms with E-state index < -0.39 is 15.5 Å². The Labute approximate surface area is 192 Å². The van der Waals surface area contributed by atoms with Gasteiger partial charge in [-0.25, -0.2) is 0 Å². The fraction of sp³-hybridized carbons (Fsp3) is 0.0526. The minimum absolute atomic E-state index is 0. The summed E-state index contributed by atoms with van der Waals surface area (Å²) < 4.78 is 1.83. The molecular weight excluding hydrogens is 492 g/mol. The average Bonchev–Trinajstić information content (AvgIpc) is 2.73. The Morgan fingerprint density at radius 3 is 2.26 bits per heavy atom. The molecule has 0 unspecified atom stereocenters. The predicted molar refractivity (Wildman–Crippen MR) is 112 cm³/mol. The second kappa shape index (κ2) is 10.5. The van der Waals surface area contributed by atoms with Crippen molar-refractivity contribution in [1.29, 1.82) is 0 Å². The lowest BCUT2D eigenvalue weighted by atomic mass is 10.1. The lowest BCUT2D eigenvalue weighted by Gasteiger charge is -2.07. The molecule has 0 spiro atoms. The van der Waals surface area contributed by atoms with Crippen LogP contribution in [0.15, 0.2) is 72.1 Å². The van der Waals surface area contributed by atoms with Crippen molar-refractivity contribution in [2.75, 3.05) is 11.2 Å². The van der Waals surface area contributed by atoms with E-state index in [4.69, 9.17) is 17.3 Å². The summed E-state index contributed by atoms with van der Waals surface area (Å²) in [7, 11) is 0. The first-order chi connectivity index (χ1) is 14.3. The quantitative estimate of drug-likeness (QED) is 0.207. The molecular formula is C19H16BrClN6O4. The van der Waals surface area contributed by atoms with Crippen LogP contribution in [0, 0.1) is 20.2 Å². The summed E-state index contributed by atoms with van der Waals surface area (Å²) in [5.74, 6) is 0. The van der Waals surface area contributed by atoms with Gasteiger partial charge in [-0.15, -0.1) is 0 Å². The molecule has 0 aliphatic carbocycles. The van der Waals surface area contributed by atoms with Gasteiger partial charge in [-0.05, 0) is 18.2 Å². The molecule has 0 bridgehead atoms. The van der Waals surface area contributed by atoms with Gasteiger partial charge in [0, 0.05) is 34.5 Å². The normalized spacial score (nSPS) is 10.8. The molecule has 12 heteroatoms. The maximum absolute atomic E-state index is 11.3. The Kier molecular flexibility index (Phi) is 8.00. The van der Waals surface area contributed by atoms with E-state index in [1.54, 1.807) is 48.8 Å². The standard InChI is InChI=1S/C19H15ClN6O4.BrH/c20-14-3-1-13(2-4-14)18(12-24-9-7-15(21)8-10-24)23-22-17-6-5-16(25(27)28)11-19(17)26(29)30;/h1-11,21-22H,12H2;1H/b23-18-;. The number of aromatic nitrogens is 1. The van der Waals surface area contributed by atoms with Crippen LogP contribution in [0.5, 0.6) is 0 Å². The highest BCUT2D eigenvalue weighted by Crippen LogP contribution is 2.29. The maximum atomic E-state index is 11.3. The largest absolute Gasteiger partial charge is 1.00 e. The zero-order valence-corrected chi connectivity index (χ0v) is 18.2. The molecule has 3 N–H and O–H groups in total. The number of pyridine rings is 1.